The van der Waals surface area contributed by atoms with Gasteiger partial charge in [0.15, 0.2) is 5.79 Å². The van der Waals surface area contributed by atoms with Crippen molar-refractivity contribution in [2.75, 3.05) is 25.2 Å². The first-order valence-electron chi connectivity index (χ1n) is 5.19. The molecule has 7 heteroatoms. The van der Waals surface area contributed by atoms with Crippen molar-refractivity contribution in [2.24, 2.45) is 0 Å². The van der Waals surface area contributed by atoms with E-state index in [2.05, 4.69) is 6.92 Å². The molecule has 2 aliphatic rings. The Morgan fingerprint density at radius 3 is 2.88 bits per heavy atom. The third-order valence-corrected chi connectivity index (χ3v) is 4.65. The average Bonchev–Trinajstić information content (AvgIpc) is 2.73. The van der Waals surface area contributed by atoms with Gasteiger partial charge >= 0.3 is 0 Å². The fourth-order valence-electron chi connectivity index (χ4n) is 1.92. The normalized spacial score (nSPS) is 39.6. The molecule has 2 saturated heterocycles. The third-order valence-electron chi connectivity index (χ3n) is 2.79. The molecule has 0 aliphatic carbocycles. The Balaban J connectivity index is 1.88. The zero-order chi connectivity index (χ0) is 11.8. The van der Waals surface area contributed by atoms with Crippen LogP contribution in [0.25, 0.3) is 0 Å². The van der Waals surface area contributed by atoms with Crippen LogP contribution in [-0.4, -0.2) is 50.8 Å². The molecule has 0 radical (unpaired) electrons. The number of hydrogen-bond donors (Lipinski definition) is 0. The van der Waals surface area contributed by atoms with Gasteiger partial charge in [0.2, 0.25) is 0 Å². The Morgan fingerprint density at radius 2 is 2.31 bits per heavy atom. The first kappa shape index (κ1) is 12.6. The molecular formula is C9H16O5S2. The van der Waals surface area contributed by atoms with E-state index >= 15 is 0 Å². The molecule has 2 fully saturated rings. The maximum atomic E-state index is 10.8. The van der Waals surface area contributed by atoms with Crippen molar-refractivity contribution < 1.29 is 22.1 Å². The summed E-state index contributed by atoms with van der Waals surface area (Å²) in [6.07, 6.45) is 1.61. The minimum atomic E-state index is -3.40. The van der Waals surface area contributed by atoms with Crippen LogP contribution in [0.15, 0.2) is 0 Å². The van der Waals surface area contributed by atoms with Crippen molar-refractivity contribution >= 4 is 21.9 Å². The van der Waals surface area contributed by atoms with Crippen LogP contribution in [0, 0.1) is 0 Å². The first-order chi connectivity index (χ1) is 7.41. The lowest BCUT2D eigenvalue weighted by Crippen LogP contribution is -2.37. The Kier molecular flexibility index (Phi) is 3.52. The molecular weight excluding hydrogens is 252 g/mol. The second-order valence-electron chi connectivity index (χ2n) is 4.11. The topological polar surface area (TPSA) is 61.8 Å². The maximum absolute atomic E-state index is 10.8. The predicted molar refractivity (Wildman–Crippen MR) is 60.9 cm³/mol. The molecule has 2 heterocycles. The summed E-state index contributed by atoms with van der Waals surface area (Å²) < 4.78 is 37.9. The lowest BCUT2D eigenvalue weighted by Gasteiger charge is -2.26. The number of thioether (sulfide) groups is 1. The standard InChI is InChI=1S/C9H16O5S2/c1-7-9(3-4-15-7)12-5-8(14-9)6-13-16(2,10)11/h7-8H,3-6H2,1-2H3. The molecule has 1 spiro atoms. The van der Waals surface area contributed by atoms with Gasteiger partial charge in [-0.2, -0.15) is 20.2 Å². The van der Waals surface area contributed by atoms with E-state index in [9.17, 15) is 8.42 Å². The Labute approximate surface area is 99.9 Å². The van der Waals surface area contributed by atoms with Crippen LogP contribution in [0.4, 0.5) is 0 Å². The van der Waals surface area contributed by atoms with Crippen LogP contribution in [0.5, 0.6) is 0 Å². The third kappa shape index (κ3) is 2.70. The molecule has 0 amide bonds. The van der Waals surface area contributed by atoms with Crippen LogP contribution in [0.1, 0.15) is 13.3 Å². The maximum Gasteiger partial charge on any atom is 0.264 e. The lowest BCUT2D eigenvalue weighted by molar-refractivity contribution is -0.164. The van der Waals surface area contributed by atoms with E-state index in [1.165, 1.54) is 0 Å². The molecule has 0 saturated carbocycles. The van der Waals surface area contributed by atoms with Crippen LogP contribution in [0.3, 0.4) is 0 Å². The smallest absolute Gasteiger partial charge is 0.264 e. The SMILES string of the molecule is CC1SCCC12OCC(COS(C)(=O)=O)O2. The monoisotopic (exact) mass is 268 g/mol. The minimum absolute atomic E-state index is 0.0397. The summed E-state index contributed by atoms with van der Waals surface area (Å²) in [5, 5.41) is 0.288. The Morgan fingerprint density at radius 1 is 1.56 bits per heavy atom. The molecule has 0 aromatic carbocycles. The number of rotatable bonds is 3. The zero-order valence-corrected chi connectivity index (χ0v) is 11.0. The van der Waals surface area contributed by atoms with E-state index in [0.29, 0.717) is 6.61 Å². The van der Waals surface area contributed by atoms with Gasteiger partial charge in [0.25, 0.3) is 10.1 Å². The van der Waals surface area contributed by atoms with E-state index in [1.807, 2.05) is 11.8 Å². The molecule has 0 aromatic heterocycles. The van der Waals surface area contributed by atoms with Gasteiger partial charge in [-0.05, 0) is 12.7 Å². The highest BCUT2D eigenvalue weighted by Gasteiger charge is 2.49. The van der Waals surface area contributed by atoms with Gasteiger partial charge in [-0.3, -0.25) is 4.18 Å². The molecule has 0 bridgehead atoms. The predicted octanol–water partition coefficient (Wildman–Crippen LogP) is 0.600. The Bertz CT molecular complexity index is 355. The van der Waals surface area contributed by atoms with Crippen molar-refractivity contribution in [1.29, 1.82) is 0 Å². The van der Waals surface area contributed by atoms with Crippen LogP contribution in [0.2, 0.25) is 0 Å². The van der Waals surface area contributed by atoms with Gasteiger partial charge in [-0.25, -0.2) is 0 Å². The zero-order valence-electron chi connectivity index (χ0n) is 9.34. The summed E-state index contributed by atoms with van der Waals surface area (Å²) in [6.45, 7) is 2.51. The summed E-state index contributed by atoms with van der Waals surface area (Å²) in [6, 6.07) is 0. The molecule has 16 heavy (non-hydrogen) atoms. The quantitative estimate of drug-likeness (QED) is 0.699. The van der Waals surface area contributed by atoms with E-state index in [4.69, 9.17) is 13.7 Å². The van der Waals surface area contributed by atoms with Crippen molar-refractivity contribution in [1.82, 2.24) is 0 Å². The summed E-state index contributed by atoms with van der Waals surface area (Å²) >= 11 is 1.81. The van der Waals surface area contributed by atoms with Gasteiger partial charge in [0.1, 0.15) is 6.10 Å². The van der Waals surface area contributed by atoms with Gasteiger partial charge in [0.05, 0.1) is 24.7 Å². The highest BCUT2D eigenvalue weighted by molar-refractivity contribution is 8.00. The van der Waals surface area contributed by atoms with E-state index in [0.717, 1.165) is 18.4 Å². The second-order valence-corrected chi connectivity index (χ2v) is 7.21. The summed E-state index contributed by atoms with van der Waals surface area (Å²) in [5.74, 6) is 0.497. The van der Waals surface area contributed by atoms with E-state index in [1.54, 1.807) is 0 Å². The molecule has 0 N–H and O–H groups in total. The number of ether oxygens (including phenoxy) is 2. The minimum Gasteiger partial charge on any atom is -0.346 e. The first-order valence-corrected chi connectivity index (χ1v) is 8.06. The highest BCUT2D eigenvalue weighted by Crippen LogP contribution is 2.43. The lowest BCUT2D eigenvalue weighted by atomic mass is 10.1. The van der Waals surface area contributed by atoms with E-state index < -0.39 is 15.9 Å². The highest BCUT2D eigenvalue weighted by atomic mass is 32.2. The molecule has 3 atom stereocenters. The van der Waals surface area contributed by atoms with Crippen LogP contribution >= 0.6 is 11.8 Å². The molecule has 94 valence electrons. The fraction of sp³-hybridized carbons (Fsp3) is 1.00. The molecule has 2 rings (SSSR count). The van der Waals surface area contributed by atoms with Crippen molar-refractivity contribution in [3.05, 3.63) is 0 Å². The average molecular weight is 268 g/mol. The van der Waals surface area contributed by atoms with Crippen molar-refractivity contribution in [3.8, 4) is 0 Å². The van der Waals surface area contributed by atoms with Crippen LogP contribution < -0.4 is 0 Å². The van der Waals surface area contributed by atoms with Crippen LogP contribution in [-0.2, 0) is 23.8 Å². The largest absolute Gasteiger partial charge is 0.346 e. The molecule has 2 aliphatic heterocycles. The summed E-state index contributed by atoms with van der Waals surface area (Å²) in [4.78, 5) is 0. The summed E-state index contributed by atoms with van der Waals surface area (Å²) in [5.41, 5.74) is 0. The van der Waals surface area contributed by atoms with Gasteiger partial charge < -0.3 is 9.47 Å². The van der Waals surface area contributed by atoms with Gasteiger partial charge in [-0.1, -0.05) is 0 Å². The molecule has 3 unspecified atom stereocenters. The van der Waals surface area contributed by atoms with Crippen molar-refractivity contribution in [3.63, 3.8) is 0 Å². The second kappa shape index (κ2) is 4.45. The van der Waals surface area contributed by atoms with Gasteiger partial charge in [0, 0.05) is 6.42 Å². The molecule has 0 aromatic rings. The fourth-order valence-corrected chi connectivity index (χ4v) is 3.57. The molecule has 5 nitrogen and oxygen atoms in total. The van der Waals surface area contributed by atoms with E-state index in [-0.39, 0.29) is 18.0 Å². The number of hydrogen-bond acceptors (Lipinski definition) is 6. The van der Waals surface area contributed by atoms with Gasteiger partial charge in [-0.15, -0.1) is 0 Å². The van der Waals surface area contributed by atoms with Crippen molar-refractivity contribution in [2.45, 2.75) is 30.5 Å². The Hall–Kier alpha value is 0.180. The summed E-state index contributed by atoms with van der Waals surface area (Å²) in [7, 11) is -3.40.